The molecule has 0 saturated carbocycles. The maximum absolute atomic E-state index is 12.6. The molecule has 1 atom stereocenters. The van der Waals surface area contributed by atoms with Gasteiger partial charge in [0.1, 0.15) is 0 Å². The Hall–Kier alpha value is -2.91. The number of carbonyl (C=O) groups excluding carboxylic acids is 3. The molecule has 0 aromatic heterocycles. The Morgan fingerprint density at radius 2 is 1.76 bits per heavy atom. The maximum atomic E-state index is 12.6. The van der Waals surface area contributed by atoms with Gasteiger partial charge in [0.05, 0.1) is 27.9 Å². The number of hydrogen-bond donors (Lipinski definition) is 2. The fourth-order valence-corrected chi connectivity index (χ4v) is 5.05. The van der Waals surface area contributed by atoms with Gasteiger partial charge in [-0.05, 0) is 36.4 Å². The summed E-state index contributed by atoms with van der Waals surface area (Å²) in [7, 11) is -3.76. The van der Waals surface area contributed by atoms with Crippen LogP contribution in [0.15, 0.2) is 42.5 Å². The lowest BCUT2D eigenvalue weighted by molar-refractivity contribution is -0.119. The summed E-state index contributed by atoms with van der Waals surface area (Å²) >= 11 is 6.20. The van der Waals surface area contributed by atoms with Gasteiger partial charge in [-0.2, -0.15) is 0 Å². The molecular weight excluding hydrogens is 418 g/mol. The SMILES string of the molecule is CC(=O)Nc1cccc(NC(=O)c2ccc(N3C(=O)[C@H](C)CS3(=O)=O)cc2Cl)c1. The summed E-state index contributed by atoms with van der Waals surface area (Å²) in [6.07, 6.45) is 0. The molecule has 0 radical (unpaired) electrons. The van der Waals surface area contributed by atoms with Crippen LogP contribution in [0.2, 0.25) is 5.02 Å². The zero-order valence-corrected chi connectivity index (χ0v) is 17.2. The quantitative estimate of drug-likeness (QED) is 0.766. The summed E-state index contributed by atoms with van der Waals surface area (Å²) in [5.41, 5.74) is 1.15. The number of hydrogen-bond acceptors (Lipinski definition) is 5. The van der Waals surface area contributed by atoms with Crippen molar-refractivity contribution < 1.29 is 22.8 Å². The van der Waals surface area contributed by atoms with Crippen molar-refractivity contribution in [3.63, 3.8) is 0 Å². The average Bonchev–Trinajstić information content (AvgIpc) is 2.81. The smallest absolute Gasteiger partial charge is 0.257 e. The van der Waals surface area contributed by atoms with E-state index < -0.39 is 27.8 Å². The molecule has 2 N–H and O–H groups in total. The Morgan fingerprint density at radius 1 is 1.10 bits per heavy atom. The fourth-order valence-electron chi connectivity index (χ4n) is 2.98. The average molecular weight is 436 g/mol. The van der Waals surface area contributed by atoms with Gasteiger partial charge < -0.3 is 10.6 Å². The Labute approximate surface area is 172 Å². The summed E-state index contributed by atoms with van der Waals surface area (Å²) in [6.45, 7) is 2.91. The van der Waals surface area contributed by atoms with Crippen LogP contribution < -0.4 is 14.9 Å². The van der Waals surface area contributed by atoms with Crippen LogP contribution in [0.5, 0.6) is 0 Å². The van der Waals surface area contributed by atoms with E-state index in [1.54, 1.807) is 31.2 Å². The van der Waals surface area contributed by atoms with Crippen molar-refractivity contribution in [2.75, 3.05) is 20.7 Å². The van der Waals surface area contributed by atoms with Crippen LogP contribution >= 0.6 is 11.6 Å². The highest BCUT2D eigenvalue weighted by Crippen LogP contribution is 2.31. The minimum Gasteiger partial charge on any atom is -0.326 e. The Kier molecular flexibility index (Phi) is 5.63. The first-order valence-electron chi connectivity index (χ1n) is 8.64. The summed E-state index contributed by atoms with van der Waals surface area (Å²) < 4.78 is 25.2. The van der Waals surface area contributed by atoms with Crippen molar-refractivity contribution >= 4 is 56.4 Å². The van der Waals surface area contributed by atoms with Crippen LogP contribution in [0.25, 0.3) is 0 Å². The van der Waals surface area contributed by atoms with Gasteiger partial charge in [-0.3, -0.25) is 14.4 Å². The van der Waals surface area contributed by atoms with Crippen LogP contribution in [0.4, 0.5) is 17.1 Å². The topological polar surface area (TPSA) is 113 Å². The Bertz CT molecular complexity index is 1120. The minimum absolute atomic E-state index is 0.000527. The molecule has 3 rings (SSSR count). The molecule has 2 aromatic carbocycles. The largest absolute Gasteiger partial charge is 0.326 e. The zero-order chi connectivity index (χ0) is 21.3. The molecule has 1 saturated heterocycles. The maximum Gasteiger partial charge on any atom is 0.257 e. The van der Waals surface area contributed by atoms with Crippen molar-refractivity contribution in [3.05, 3.63) is 53.1 Å². The molecule has 1 aliphatic rings. The highest BCUT2D eigenvalue weighted by atomic mass is 35.5. The lowest BCUT2D eigenvalue weighted by Gasteiger charge is -2.16. The van der Waals surface area contributed by atoms with E-state index in [0.717, 1.165) is 4.31 Å². The summed E-state index contributed by atoms with van der Waals surface area (Å²) in [5, 5.41) is 5.27. The van der Waals surface area contributed by atoms with Crippen molar-refractivity contribution in [3.8, 4) is 0 Å². The second kappa shape index (κ2) is 7.84. The molecule has 3 amide bonds. The number of nitrogens with one attached hydrogen (secondary N) is 2. The first-order valence-corrected chi connectivity index (χ1v) is 10.6. The highest BCUT2D eigenvalue weighted by molar-refractivity contribution is 7.94. The molecule has 1 aliphatic heterocycles. The minimum atomic E-state index is -3.76. The molecule has 0 aliphatic carbocycles. The van der Waals surface area contributed by atoms with Crippen molar-refractivity contribution in [1.82, 2.24) is 0 Å². The monoisotopic (exact) mass is 435 g/mol. The van der Waals surface area contributed by atoms with Crippen molar-refractivity contribution in [2.45, 2.75) is 13.8 Å². The van der Waals surface area contributed by atoms with E-state index in [1.807, 2.05) is 0 Å². The van der Waals surface area contributed by atoms with Crippen LogP contribution in [-0.4, -0.2) is 31.9 Å². The van der Waals surface area contributed by atoms with Crippen LogP contribution in [0, 0.1) is 5.92 Å². The third kappa shape index (κ3) is 4.41. The second-order valence-electron chi connectivity index (χ2n) is 6.66. The number of sulfonamides is 1. The van der Waals surface area contributed by atoms with Gasteiger partial charge in [0.15, 0.2) is 0 Å². The van der Waals surface area contributed by atoms with Gasteiger partial charge in [-0.15, -0.1) is 0 Å². The summed E-state index contributed by atoms with van der Waals surface area (Å²) in [4.78, 5) is 35.9. The van der Waals surface area contributed by atoms with Crippen molar-refractivity contribution in [1.29, 1.82) is 0 Å². The number of nitrogens with zero attached hydrogens (tertiary/aromatic N) is 1. The van der Waals surface area contributed by atoms with E-state index in [0.29, 0.717) is 11.4 Å². The third-order valence-corrected chi connectivity index (χ3v) is 6.41. The van der Waals surface area contributed by atoms with Crippen LogP contribution in [-0.2, 0) is 19.6 Å². The Morgan fingerprint density at radius 3 is 2.31 bits per heavy atom. The lowest BCUT2D eigenvalue weighted by Crippen LogP contribution is -2.30. The first-order chi connectivity index (χ1) is 13.6. The van der Waals surface area contributed by atoms with Crippen LogP contribution in [0.3, 0.4) is 0 Å². The van der Waals surface area contributed by atoms with E-state index in [4.69, 9.17) is 11.6 Å². The number of carbonyl (C=O) groups is 3. The fraction of sp³-hybridized carbons (Fsp3) is 0.211. The third-order valence-electron chi connectivity index (χ3n) is 4.23. The van der Waals surface area contributed by atoms with E-state index >= 15 is 0 Å². The zero-order valence-electron chi connectivity index (χ0n) is 15.6. The molecule has 1 fully saturated rings. The second-order valence-corrected chi connectivity index (χ2v) is 8.93. The number of amides is 3. The summed E-state index contributed by atoms with van der Waals surface area (Å²) in [6, 6.07) is 10.6. The molecule has 1 heterocycles. The van der Waals surface area contributed by atoms with E-state index in [9.17, 15) is 22.8 Å². The predicted molar refractivity (Wildman–Crippen MR) is 111 cm³/mol. The van der Waals surface area contributed by atoms with E-state index in [1.165, 1.54) is 25.1 Å². The van der Waals surface area contributed by atoms with Gasteiger partial charge in [-0.25, -0.2) is 12.7 Å². The van der Waals surface area contributed by atoms with Gasteiger partial charge in [-0.1, -0.05) is 24.6 Å². The Balaban J connectivity index is 1.83. The molecule has 0 unspecified atom stereocenters. The molecule has 29 heavy (non-hydrogen) atoms. The highest BCUT2D eigenvalue weighted by Gasteiger charge is 2.42. The molecule has 0 bridgehead atoms. The molecular formula is C19H18ClN3O5S. The molecule has 152 valence electrons. The first kappa shape index (κ1) is 20.8. The van der Waals surface area contributed by atoms with E-state index in [-0.39, 0.29) is 27.9 Å². The molecule has 0 spiro atoms. The number of rotatable bonds is 4. The van der Waals surface area contributed by atoms with E-state index in [2.05, 4.69) is 10.6 Å². The summed E-state index contributed by atoms with van der Waals surface area (Å²) in [5.74, 6) is -2.21. The van der Waals surface area contributed by atoms with Crippen LogP contribution in [0.1, 0.15) is 24.2 Å². The van der Waals surface area contributed by atoms with Gasteiger partial charge >= 0.3 is 0 Å². The molecule has 2 aromatic rings. The van der Waals surface area contributed by atoms with Gasteiger partial charge in [0, 0.05) is 18.3 Å². The van der Waals surface area contributed by atoms with Crippen molar-refractivity contribution in [2.24, 2.45) is 5.92 Å². The van der Waals surface area contributed by atoms with Gasteiger partial charge in [0.25, 0.3) is 5.91 Å². The standard InChI is InChI=1S/C19H18ClN3O5S/c1-11-10-29(27,28)23(19(11)26)15-6-7-16(17(20)9-15)18(25)22-14-5-3-4-13(8-14)21-12(2)24/h3-9,11H,10H2,1-2H3,(H,21,24)(H,22,25)/t11-/m1/s1. The lowest BCUT2D eigenvalue weighted by atomic mass is 10.1. The number of halogens is 1. The normalized spacial score (nSPS) is 17.8. The number of benzene rings is 2. The number of anilines is 3. The predicted octanol–water partition coefficient (Wildman–Crippen LogP) is 2.86. The van der Waals surface area contributed by atoms with Gasteiger partial charge in [0.2, 0.25) is 21.8 Å². The molecule has 10 heteroatoms. The molecule has 8 nitrogen and oxygen atoms in total.